The van der Waals surface area contributed by atoms with Crippen LogP contribution in [0.4, 0.5) is 5.69 Å². The van der Waals surface area contributed by atoms with E-state index >= 15 is 0 Å². The molecule has 0 unspecified atom stereocenters. The Labute approximate surface area is 119 Å². The zero-order valence-electron chi connectivity index (χ0n) is 11.0. The number of fused-ring (bicyclic) bond motifs is 1. The van der Waals surface area contributed by atoms with Crippen molar-refractivity contribution in [2.75, 3.05) is 11.9 Å². The number of nitrogens with one attached hydrogen (secondary N) is 1. The van der Waals surface area contributed by atoms with E-state index in [9.17, 15) is 0 Å². The minimum Gasteiger partial charge on any atom is -0.363 e. The van der Waals surface area contributed by atoms with Crippen molar-refractivity contribution >= 4 is 17.3 Å². The van der Waals surface area contributed by atoms with Gasteiger partial charge in [0.2, 0.25) is 0 Å². The third kappa shape index (κ3) is 2.46. The highest BCUT2D eigenvalue weighted by Crippen LogP contribution is 2.30. The first kappa shape index (κ1) is 12.5. The normalized spacial score (nSPS) is 13.7. The fourth-order valence-electron chi connectivity index (χ4n) is 2.58. The van der Waals surface area contributed by atoms with E-state index in [0.29, 0.717) is 0 Å². The van der Waals surface area contributed by atoms with Crippen LogP contribution < -0.4 is 10.2 Å². The number of anilines is 1. The average Bonchev–Trinajstić information content (AvgIpc) is 2.85. The van der Waals surface area contributed by atoms with Crippen LogP contribution in [0.1, 0.15) is 16.7 Å². The summed E-state index contributed by atoms with van der Waals surface area (Å²) in [6.07, 6.45) is 0. The lowest BCUT2D eigenvalue weighted by Crippen LogP contribution is -2.14. The van der Waals surface area contributed by atoms with E-state index in [4.69, 9.17) is 11.6 Å². The van der Waals surface area contributed by atoms with Gasteiger partial charge in [0.05, 0.1) is 0 Å². The van der Waals surface area contributed by atoms with Crippen molar-refractivity contribution in [3.05, 3.63) is 64.2 Å². The van der Waals surface area contributed by atoms with Gasteiger partial charge in [0.25, 0.3) is 0 Å². The summed E-state index contributed by atoms with van der Waals surface area (Å²) in [5.74, 6) is 0. The van der Waals surface area contributed by atoms with Gasteiger partial charge in [-0.05, 0) is 35.9 Å². The van der Waals surface area contributed by atoms with Gasteiger partial charge in [-0.2, -0.15) is 0 Å². The van der Waals surface area contributed by atoms with Crippen molar-refractivity contribution < 1.29 is 0 Å². The van der Waals surface area contributed by atoms with Crippen LogP contribution in [-0.4, -0.2) is 7.05 Å². The minimum atomic E-state index is 0.805. The molecule has 3 heteroatoms. The highest BCUT2D eigenvalue weighted by molar-refractivity contribution is 6.31. The van der Waals surface area contributed by atoms with Gasteiger partial charge in [0, 0.05) is 30.3 Å². The molecule has 0 spiro atoms. The molecule has 98 valence electrons. The van der Waals surface area contributed by atoms with Gasteiger partial charge in [-0.15, -0.1) is 0 Å². The van der Waals surface area contributed by atoms with Crippen molar-refractivity contribution in [3.63, 3.8) is 0 Å². The highest BCUT2D eigenvalue weighted by Gasteiger charge is 2.18. The van der Waals surface area contributed by atoms with Crippen LogP contribution in [0.3, 0.4) is 0 Å². The molecule has 1 heterocycles. The fourth-order valence-corrected chi connectivity index (χ4v) is 2.82. The molecular weight excluding hydrogens is 256 g/mol. The summed E-state index contributed by atoms with van der Waals surface area (Å²) in [5.41, 5.74) is 5.17. The average molecular weight is 273 g/mol. The third-order valence-corrected chi connectivity index (χ3v) is 3.96. The van der Waals surface area contributed by atoms with E-state index in [-0.39, 0.29) is 0 Å². The minimum absolute atomic E-state index is 0.805. The summed E-state index contributed by atoms with van der Waals surface area (Å²) < 4.78 is 0. The molecule has 19 heavy (non-hydrogen) atoms. The number of rotatable bonds is 3. The van der Waals surface area contributed by atoms with Crippen LogP contribution in [0.25, 0.3) is 0 Å². The summed E-state index contributed by atoms with van der Waals surface area (Å²) in [5, 5.41) is 3.97. The summed E-state index contributed by atoms with van der Waals surface area (Å²) in [7, 11) is 1.93. The lowest BCUT2D eigenvalue weighted by molar-refractivity contribution is 0.816. The fraction of sp³-hybridized carbons (Fsp3) is 0.250. The van der Waals surface area contributed by atoms with Gasteiger partial charge in [0.15, 0.2) is 0 Å². The first-order valence-corrected chi connectivity index (χ1v) is 6.90. The molecule has 2 aromatic rings. The van der Waals surface area contributed by atoms with Crippen LogP contribution >= 0.6 is 11.6 Å². The van der Waals surface area contributed by atoms with Crippen molar-refractivity contribution in [2.45, 2.75) is 19.6 Å². The predicted octanol–water partition coefficient (Wildman–Crippen LogP) is 3.58. The Morgan fingerprint density at radius 3 is 2.37 bits per heavy atom. The molecule has 0 bridgehead atoms. The van der Waals surface area contributed by atoms with E-state index in [1.807, 2.05) is 7.05 Å². The van der Waals surface area contributed by atoms with Gasteiger partial charge < -0.3 is 10.2 Å². The zero-order valence-corrected chi connectivity index (χ0v) is 11.7. The smallest absolute Gasteiger partial charge is 0.0471 e. The monoisotopic (exact) mass is 272 g/mol. The van der Waals surface area contributed by atoms with Gasteiger partial charge in [-0.1, -0.05) is 41.9 Å². The standard InChI is InChI=1S/C16H17ClN2/c1-18-9-12-6-7-15(8-16(12)17)19-10-13-4-2-3-5-14(13)11-19/h2-8,18H,9-11H2,1H3. The molecule has 0 saturated heterocycles. The Morgan fingerprint density at radius 2 is 1.79 bits per heavy atom. The van der Waals surface area contributed by atoms with Gasteiger partial charge >= 0.3 is 0 Å². The number of hydrogen-bond donors (Lipinski definition) is 1. The van der Waals surface area contributed by atoms with Crippen LogP contribution in [0.5, 0.6) is 0 Å². The largest absolute Gasteiger partial charge is 0.363 e. The van der Waals surface area contributed by atoms with Crippen molar-refractivity contribution in [1.29, 1.82) is 0 Å². The molecule has 1 aliphatic heterocycles. The lowest BCUT2D eigenvalue weighted by Gasteiger charge is -2.19. The maximum Gasteiger partial charge on any atom is 0.0471 e. The molecule has 0 amide bonds. The van der Waals surface area contributed by atoms with Crippen molar-refractivity contribution in [2.24, 2.45) is 0 Å². The van der Waals surface area contributed by atoms with Crippen molar-refractivity contribution in [1.82, 2.24) is 5.32 Å². The molecule has 2 aromatic carbocycles. The zero-order chi connectivity index (χ0) is 13.2. The molecule has 0 aliphatic carbocycles. The maximum atomic E-state index is 6.33. The first-order chi connectivity index (χ1) is 9.28. The quantitative estimate of drug-likeness (QED) is 0.919. The Hall–Kier alpha value is -1.51. The molecule has 0 fully saturated rings. The molecule has 0 aromatic heterocycles. The Morgan fingerprint density at radius 1 is 1.11 bits per heavy atom. The number of halogens is 1. The maximum absolute atomic E-state index is 6.33. The second kappa shape index (κ2) is 5.24. The van der Waals surface area contributed by atoms with Crippen molar-refractivity contribution in [3.8, 4) is 0 Å². The van der Waals surface area contributed by atoms with Gasteiger partial charge in [-0.25, -0.2) is 0 Å². The molecule has 2 nitrogen and oxygen atoms in total. The second-order valence-corrected chi connectivity index (χ2v) is 5.34. The van der Waals surface area contributed by atoms with Gasteiger partial charge in [-0.3, -0.25) is 0 Å². The Bertz CT molecular complexity index is 570. The number of nitrogens with zero attached hydrogens (tertiary/aromatic N) is 1. The lowest BCUT2D eigenvalue weighted by atomic mass is 10.1. The van der Waals surface area contributed by atoms with E-state index in [2.05, 4.69) is 52.7 Å². The molecule has 1 N–H and O–H groups in total. The van der Waals surface area contributed by atoms with Crippen LogP contribution in [0.2, 0.25) is 5.02 Å². The third-order valence-electron chi connectivity index (χ3n) is 3.61. The number of benzene rings is 2. The predicted molar refractivity (Wildman–Crippen MR) is 80.5 cm³/mol. The molecule has 0 radical (unpaired) electrons. The van der Waals surface area contributed by atoms with E-state index < -0.39 is 0 Å². The van der Waals surface area contributed by atoms with Gasteiger partial charge in [0.1, 0.15) is 0 Å². The summed E-state index contributed by atoms with van der Waals surface area (Å²) in [4.78, 5) is 2.36. The Balaban J connectivity index is 1.83. The highest BCUT2D eigenvalue weighted by atomic mass is 35.5. The molecule has 0 saturated carbocycles. The molecule has 1 aliphatic rings. The summed E-state index contributed by atoms with van der Waals surface area (Å²) in [6, 6.07) is 14.9. The first-order valence-electron chi connectivity index (χ1n) is 6.52. The Kier molecular flexibility index (Phi) is 3.45. The van der Waals surface area contributed by atoms with Crippen LogP contribution in [0, 0.1) is 0 Å². The van der Waals surface area contributed by atoms with E-state index in [1.54, 1.807) is 0 Å². The molecular formula is C16H17ClN2. The topological polar surface area (TPSA) is 15.3 Å². The summed E-state index contributed by atoms with van der Waals surface area (Å²) in [6.45, 7) is 2.75. The second-order valence-electron chi connectivity index (χ2n) is 4.93. The summed E-state index contributed by atoms with van der Waals surface area (Å²) >= 11 is 6.33. The van der Waals surface area contributed by atoms with E-state index in [1.165, 1.54) is 16.8 Å². The molecule has 3 rings (SSSR count). The SMILES string of the molecule is CNCc1ccc(N2Cc3ccccc3C2)cc1Cl. The van der Waals surface area contributed by atoms with E-state index in [0.717, 1.165) is 30.2 Å². The van der Waals surface area contributed by atoms with Crippen LogP contribution in [0.15, 0.2) is 42.5 Å². The van der Waals surface area contributed by atoms with Crippen LogP contribution in [-0.2, 0) is 19.6 Å². The number of hydrogen-bond acceptors (Lipinski definition) is 2. The molecule has 0 atom stereocenters.